The van der Waals surface area contributed by atoms with Crippen LogP contribution in [0.5, 0.6) is 5.75 Å². The van der Waals surface area contributed by atoms with Gasteiger partial charge in [-0.15, -0.1) is 25.6 Å². The number of benzene rings is 1. The zero-order valence-electron chi connectivity index (χ0n) is 11.7. The number of nitrogens with zero attached hydrogens (tertiary/aromatic N) is 1. The third kappa shape index (κ3) is 3.84. The van der Waals surface area contributed by atoms with E-state index in [0.717, 1.165) is 31.5 Å². The molecular formula is C14H16ClF3N2O2. The van der Waals surface area contributed by atoms with E-state index in [1.54, 1.807) is 4.90 Å². The SMILES string of the molecule is Cl.O=C(c1ccc(OC(F)(F)F)cc1)N1CCNC2(CC2)C1. The first-order valence-electron chi connectivity index (χ1n) is 6.77. The predicted octanol–water partition coefficient (Wildman–Crippen LogP) is 2.59. The van der Waals surface area contributed by atoms with Crippen molar-refractivity contribution in [3.05, 3.63) is 29.8 Å². The maximum Gasteiger partial charge on any atom is 0.573 e. The number of ether oxygens (including phenoxy) is 1. The Hall–Kier alpha value is -1.47. The fourth-order valence-electron chi connectivity index (χ4n) is 2.60. The summed E-state index contributed by atoms with van der Waals surface area (Å²) in [7, 11) is 0. The van der Waals surface area contributed by atoms with Gasteiger partial charge in [-0.25, -0.2) is 0 Å². The van der Waals surface area contributed by atoms with Crippen molar-refractivity contribution in [3.8, 4) is 5.75 Å². The zero-order valence-corrected chi connectivity index (χ0v) is 12.5. The Morgan fingerprint density at radius 1 is 1.23 bits per heavy atom. The largest absolute Gasteiger partial charge is 0.573 e. The van der Waals surface area contributed by atoms with Crippen molar-refractivity contribution in [1.82, 2.24) is 10.2 Å². The van der Waals surface area contributed by atoms with E-state index >= 15 is 0 Å². The zero-order chi connectivity index (χ0) is 15.1. The highest BCUT2D eigenvalue weighted by molar-refractivity contribution is 5.94. The van der Waals surface area contributed by atoms with Gasteiger partial charge >= 0.3 is 6.36 Å². The van der Waals surface area contributed by atoms with Crippen LogP contribution in [0, 0.1) is 0 Å². The monoisotopic (exact) mass is 336 g/mol. The smallest absolute Gasteiger partial charge is 0.406 e. The Kier molecular flexibility index (Phi) is 4.58. The van der Waals surface area contributed by atoms with E-state index in [4.69, 9.17) is 0 Å². The Labute approximate surface area is 132 Å². The lowest BCUT2D eigenvalue weighted by atomic mass is 10.1. The van der Waals surface area contributed by atoms with Crippen molar-refractivity contribution in [3.63, 3.8) is 0 Å². The molecule has 0 radical (unpaired) electrons. The van der Waals surface area contributed by atoms with Gasteiger partial charge in [0.2, 0.25) is 0 Å². The summed E-state index contributed by atoms with van der Waals surface area (Å²) < 4.78 is 40.0. The van der Waals surface area contributed by atoms with Crippen LogP contribution in [0.2, 0.25) is 0 Å². The van der Waals surface area contributed by atoms with E-state index in [2.05, 4.69) is 10.1 Å². The Morgan fingerprint density at radius 2 is 1.86 bits per heavy atom. The molecule has 3 rings (SSSR count). The summed E-state index contributed by atoms with van der Waals surface area (Å²) in [6.07, 6.45) is -2.59. The van der Waals surface area contributed by atoms with E-state index in [9.17, 15) is 18.0 Å². The molecule has 1 saturated heterocycles. The van der Waals surface area contributed by atoms with Crippen LogP contribution in [0.4, 0.5) is 13.2 Å². The molecular weight excluding hydrogens is 321 g/mol. The number of amides is 1. The van der Waals surface area contributed by atoms with Gasteiger partial charge in [0.05, 0.1) is 0 Å². The van der Waals surface area contributed by atoms with Gasteiger partial charge in [-0.05, 0) is 37.1 Å². The molecule has 1 aliphatic heterocycles. The minimum atomic E-state index is -4.72. The number of nitrogens with one attached hydrogen (secondary N) is 1. The van der Waals surface area contributed by atoms with Crippen molar-refractivity contribution in [2.45, 2.75) is 24.7 Å². The second kappa shape index (κ2) is 5.96. The van der Waals surface area contributed by atoms with Gasteiger partial charge in [0.1, 0.15) is 5.75 Å². The van der Waals surface area contributed by atoms with Crippen LogP contribution in [-0.2, 0) is 0 Å². The van der Waals surface area contributed by atoms with E-state index in [0.29, 0.717) is 18.7 Å². The molecule has 2 fully saturated rings. The van der Waals surface area contributed by atoms with Gasteiger partial charge in [0.15, 0.2) is 0 Å². The second-order valence-electron chi connectivity index (χ2n) is 5.51. The number of halogens is 4. The van der Waals surface area contributed by atoms with Crippen LogP contribution in [0.1, 0.15) is 23.2 Å². The van der Waals surface area contributed by atoms with Crippen LogP contribution in [0.3, 0.4) is 0 Å². The number of hydrogen-bond acceptors (Lipinski definition) is 3. The molecule has 22 heavy (non-hydrogen) atoms. The third-order valence-electron chi connectivity index (χ3n) is 3.85. The molecule has 1 spiro atoms. The summed E-state index contributed by atoms with van der Waals surface area (Å²) in [4.78, 5) is 14.1. The van der Waals surface area contributed by atoms with Crippen molar-refractivity contribution in [2.75, 3.05) is 19.6 Å². The molecule has 0 aromatic heterocycles. The van der Waals surface area contributed by atoms with Crippen LogP contribution in [-0.4, -0.2) is 42.3 Å². The standard InChI is InChI=1S/C14H15F3N2O2.ClH/c15-14(16,17)21-11-3-1-10(2-4-11)12(20)19-8-7-18-13(9-19)5-6-13;/h1-4,18H,5-9H2;1H. The van der Waals surface area contributed by atoms with Gasteiger partial charge in [0.25, 0.3) is 5.91 Å². The van der Waals surface area contributed by atoms with Crippen molar-refractivity contribution in [1.29, 1.82) is 0 Å². The maximum absolute atomic E-state index is 12.3. The highest BCUT2D eigenvalue weighted by atomic mass is 35.5. The van der Waals surface area contributed by atoms with Gasteiger partial charge in [-0.3, -0.25) is 4.79 Å². The lowest BCUT2D eigenvalue weighted by Crippen LogP contribution is -2.54. The van der Waals surface area contributed by atoms with E-state index in [1.165, 1.54) is 12.1 Å². The highest BCUT2D eigenvalue weighted by Crippen LogP contribution is 2.37. The third-order valence-corrected chi connectivity index (χ3v) is 3.85. The number of carbonyl (C=O) groups excluding carboxylic acids is 1. The molecule has 1 aromatic rings. The first-order chi connectivity index (χ1) is 9.87. The Morgan fingerprint density at radius 3 is 2.41 bits per heavy atom. The lowest BCUT2D eigenvalue weighted by Gasteiger charge is -2.34. The van der Waals surface area contributed by atoms with E-state index < -0.39 is 6.36 Å². The normalized spacial score (nSPS) is 19.5. The molecule has 0 atom stereocenters. The summed E-state index contributed by atoms with van der Waals surface area (Å²) >= 11 is 0. The van der Waals surface area contributed by atoms with Gasteiger partial charge in [0, 0.05) is 30.7 Å². The first-order valence-corrected chi connectivity index (χ1v) is 6.77. The van der Waals surface area contributed by atoms with Crippen molar-refractivity contribution >= 4 is 18.3 Å². The molecule has 1 N–H and O–H groups in total. The van der Waals surface area contributed by atoms with E-state index in [1.807, 2.05) is 0 Å². The van der Waals surface area contributed by atoms with Gasteiger partial charge in [-0.2, -0.15) is 0 Å². The Bertz CT molecular complexity index is 544. The molecule has 1 amide bonds. The van der Waals surface area contributed by atoms with Crippen LogP contribution < -0.4 is 10.1 Å². The summed E-state index contributed by atoms with van der Waals surface area (Å²) in [5.74, 6) is -0.473. The molecule has 0 bridgehead atoms. The quantitative estimate of drug-likeness (QED) is 0.902. The number of alkyl halides is 3. The molecule has 122 valence electrons. The topological polar surface area (TPSA) is 41.6 Å². The van der Waals surface area contributed by atoms with Crippen LogP contribution >= 0.6 is 12.4 Å². The minimum Gasteiger partial charge on any atom is -0.406 e. The number of rotatable bonds is 2. The fraction of sp³-hybridized carbons (Fsp3) is 0.500. The molecule has 2 aliphatic rings. The second-order valence-corrected chi connectivity index (χ2v) is 5.51. The first kappa shape index (κ1) is 16.9. The van der Waals surface area contributed by atoms with Crippen LogP contribution in [0.25, 0.3) is 0 Å². The molecule has 1 aliphatic carbocycles. The number of hydrogen-bond donors (Lipinski definition) is 1. The molecule has 0 unspecified atom stereocenters. The maximum atomic E-state index is 12.3. The molecule has 1 heterocycles. The lowest BCUT2D eigenvalue weighted by molar-refractivity contribution is -0.274. The molecule has 8 heteroatoms. The molecule has 4 nitrogen and oxygen atoms in total. The summed E-state index contributed by atoms with van der Waals surface area (Å²) in [5, 5.41) is 3.40. The average molecular weight is 337 g/mol. The summed E-state index contributed by atoms with van der Waals surface area (Å²) in [6.45, 7) is 2.02. The predicted molar refractivity (Wildman–Crippen MR) is 76.2 cm³/mol. The van der Waals surface area contributed by atoms with Gasteiger partial charge < -0.3 is 15.0 Å². The Balaban J connectivity index is 0.00000176. The van der Waals surface area contributed by atoms with Crippen molar-refractivity contribution < 1.29 is 22.7 Å². The highest BCUT2D eigenvalue weighted by Gasteiger charge is 2.46. The summed E-state index contributed by atoms with van der Waals surface area (Å²) in [6, 6.07) is 5.06. The van der Waals surface area contributed by atoms with Gasteiger partial charge in [-0.1, -0.05) is 0 Å². The van der Waals surface area contributed by atoms with Crippen LogP contribution in [0.15, 0.2) is 24.3 Å². The molecule has 1 aromatic carbocycles. The molecule has 1 saturated carbocycles. The minimum absolute atomic E-state index is 0. The summed E-state index contributed by atoms with van der Waals surface area (Å²) in [5.41, 5.74) is 0.454. The van der Waals surface area contributed by atoms with E-state index in [-0.39, 0.29) is 29.6 Å². The number of piperazine rings is 1. The number of carbonyl (C=O) groups is 1. The average Bonchev–Trinajstić information content (AvgIpc) is 3.16. The van der Waals surface area contributed by atoms with Crippen molar-refractivity contribution in [2.24, 2.45) is 0 Å². The fourth-order valence-corrected chi connectivity index (χ4v) is 2.60.